The average Bonchev–Trinajstić information content (AvgIpc) is 2.81. The molecule has 0 atom stereocenters. The zero-order chi connectivity index (χ0) is 10.5. The van der Waals surface area contributed by atoms with Crippen LogP contribution in [-0.2, 0) is 0 Å². The van der Waals surface area contributed by atoms with Crippen molar-refractivity contribution in [1.29, 1.82) is 0 Å². The van der Waals surface area contributed by atoms with E-state index in [1.54, 1.807) is 0 Å². The van der Waals surface area contributed by atoms with Gasteiger partial charge in [0.25, 0.3) is 0 Å². The number of aliphatic imine (C=N–C) groups is 1. The molecule has 0 aliphatic carbocycles. The first-order valence-electron chi connectivity index (χ1n) is 5.20. The van der Waals surface area contributed by atoms with E-state index in [-0.39, 0.29) is 5.78 Å². The third-order valence-corrected chi connectivity index (χ3v) is 3.28. The van der Waals surface area contributed by atoms with Crippen LogP contribution in [0, 0.1) is 0 Å². The lowest BCUT2D eigenvalue weighted by molar-refractivity contribution is 0.1000. The van der Waals surface area contributed by atoms with E-state index in [1.807, 2.05) is 17.5 Å². The number of ketones is 1. The highest BCUT2D eigenvalue weighted by molar-refractivity contribution is 7.12. The van der Waals surface area contributed by atoms with Crippen LogP contribution in [0.4, 0.5) is 0 Å². The highest BCUT2D eigenvalue weighted by Crippen LogP contribution is 2.09. The topological polar surface area (TPSA) is 41.5 Å². The van der Waals surface area contributed by atoms with Crippen LogP contribution in [0.5, 0.6) is 0 Å². The molecule has 2 heterocycles. The van der Waals surface area contributed by atoms with Crippen LogP contribution in [0.1, 0.15) is 28.9 Å². The quantitative estimate of drug-likeness (QED) is 0.796. The van der Waals surface area contributed by atoms with E-state index in [9.17, 15) is 4.79 Å². The second kappa shape index (κ2) is 5.07. The van der Waals surface area contributed by atoms with Crippen molar-refractivity contribution in [3.05, 3.63) is 22.4 Å². The van der Waals surface area contributed by atoms with Crippen LogP contribution in [0.15, 0.2) is 22.5 Å². The molecule has 2 rings (SSSR count). The monoisotopic (exact) mass is 222 g/mol. The maximum Gasteiger partial charge on any atom is 0.191 e. The predicted molar refractivity (Wildman–Crippen MR) is 62.8 cm³/mol. The van der Waals surface area contributed by atoms with E-state index in [4.69, 9.17) is 0 Å². The van der Waals surface area contributed by atoms with E-state index < -0.39 is 0 Å². The second-order valence-electron chi connectivity index (χ2n) is 3.54. The number of amidine groups is 1. The first kappa shape index (κ1) is 10.4. The number of nitrogens with one attached hydrogen (secondary N) is 1. The van der Waals surface area contributed by atoms with Crippen molar-refractivity contribution >= 4 is 23.0 Å². The molecule has 0 fully saturated rings. The molecule has 0 spiro atoms. The molecular weight excluding hydrogens is 208 g/mol. The molecule has 1 aliphatic heterocycles. The Bertz CT molecular complexity index is 357. The molecule has 4 heteroatoms. The Hall–Kier alpha value is -1.16. The summed E-state index contributed by atoms with van der Waals surface area (Å²) in [6, 6.07) is 3.76. The molecule has 1 aromatic heterocycles. The Kier molecular flexibility index (Phi) is 3.50. The van der Waals surface area contributed by atoms with Crippen LogP contribution in [0.3, 0.4) is 0 Å². The predicted octanol–water partition coefficient (Wildman–Crippen LogP) is 2.10. The van der Waals surface area contributed by atoms with Crippen LogP contribution >= 0.6 is 11.3 Å². The molecule has 0 radical (unpaired) electrons. The van der Waals surface area contributed by atoms with Gasteiger partial charge in [0.2, 0.25) is 0 Å². The molecule has 15 heavy (non-hydrogen) atoms. The van der Waals surface area contributed by atoms with E-state index in [0.29, 0.717) is 6.54 Å². The van der Waals surface area contributed by atoms with Gasteiger partial charge in [-0.1, -0.05) is 6.07 Å². The lowest BCUT2D eigenvalue weighted by atomic mass is 10.2. The zero-order valence-corrected chi connectivity index (χ0v) is 9.35. The van der Waals surface area contributed by atoms with E-state index in [2.05, 4.69) is 10.3 Å². The van der Waals surface area contributed by atoms with Gasteiger partial charge < -0.3 is 5.32 Å². The van der Waals surface area contributed by atoms with Crippen molar-refractivity contribution in [2.24, 2.45) is 4.99 Å². The lowest BCUT2D eigenvalue weighted by Gasteiger charge is -2.12. The van der Waals surface area contributed by atoms with Gasteiger partial charge in [-0.15, -0.1) is 11.3 Å². The van der Waals surface area contributed by atoms with Gasteiger partial charge in [-0.05, 0) is 24.3 Å². The third-order valence-electron chi connectivity index (χ3n) is 2.37. The first-order valence-corrected chi connectivity index (χ1v) is 6.08. The minimum Gasteiger partial charge on any atom is -0.366 e. The summed E-state index contributed by atoms with van der Waals surface area (Å²) >= 11 is 1.49. The first-order chi connectivity index (χ1) is 7.36. The number of carbonyl (C=O) groups excluding carboxylic acids is 1. The minimum atomic E-state index is 0.151. The highest BCUT2D eigenvalue weighted by Gasteiger charge is 2.09. The van der Waals surface area contributed by atoms with Crippen LogP contribution in [0.2, 0.25) is 0 Å². The molecule has 0 bridgehead atoms. The molecular formula is C11H14N2OS. The van der Waals surface area contributed by atoms with Gasteiger partial charge in [0.1, 0.15) is 0 Å². The fourth-order valence-electron chi connectivity index (χ4n) is 1.55. The smallest absolute Gasteiger partial charge is 0.191 e. The van der Waals surface area contributed by atoms with Crippen molar-refractivity contribution in [3.63, 3.8) is 0 Å². The van der Waals surface area contributed by atoms with Crippen LogP contribution < -0.4 is 5.32 Å². The van der Waals surface area contributed by atoms with Gasteiger partial charge in [-0.25, -0.2) is 0 Å². The highest BCUT2D eigenvalue weighted by atomic mass is 32.1. The fourth-order valence-corrected chi connectivity index (χ4v) is 2.21. The number of Topliss-reactive ketones (excluding diaryl/α,β-unsaturated/α-hetero) is 1. The summed E-state index contributed by atoms with van der Waals surface area (Å²) in [6.07, 6.45) is 3.33. The van der Waals surface area contributed by atoms with E-state index in [1.165, 1.54) is 24.2 Å². The van der Waals surface area contributed by atoms with Gasteiger partial charge in [-0.3, -0.25) is 9.79 Å². The molecule has 1 aromatic rings. The molecule has 1 aliphatic rings. The van der Waals surface area contributed by atoms with Crippen LogP contribution in [-0.4, -0.2) is 24.7 Å². The molecule has 0 saturated carbocycles. The summed E-state index contributed by atoms with van der Waals surface area (Å²) in [7, 11) is 0. The molecule has 1 N–H and O–H groups in total. The molecule has 0 unspecified atom stereocenters. The molecule has 0 saturated heterocycles. The van der Waals surface area contributed by atoms with Gasteiger partial charge in [-0.2, -0.15) is 0 Å². The Morgan fingerprint density at radius 2 is 2.47 bits per heavy atom. The molecule has 0 aromatic carbocycles. The van der Waals surface area contributed by atoms with Gasteiger partial charge in [0.15, 0.2) is 5.78 Å². The maximum absolute atomic E-state index is 11.6. The standard InChI is InChI=1S/C11H14N2OS/c14-9(10-4-3-7-15-10)8-13-11-5-1-2-6-12-11/h3-4,7H,1-2,5-6,8H2,(H,12,13). The van der Waals surface area contributed by atoms with Crippen molar-refractivity contribution in [3.8, 4) is 0 Å². The minimum absolute atomic E-state index is 0.151. The number of hydrogen-bond donors (Lipinski definition) is 1. The number of hydrogen-bond acceptors (Lipinski definition) is 4. The Balaban J connectivity index is 1.83. The summed E-state index contributed by atoms with van der Waals surface area (Å²) in [4.78, 5) is 16.8. The fraction of sp³-hybridized carbons (Fsp3) is 0.455. The zero-order valence-electron chi connectivity index (χ0n) is 8.53. The van der Waals surface area contributed by atoms with Crippen molar-refractivity contribution in [2.75, 3.05) is 13.1 Å². The van der Waals surface area contributed by atoms with E-state index >= 15 is 0 Å². The number of carbonyl (C=O) groups is 1. The average molecular weight is 222 g/mol. The van der Waals surface area contributed by atoms with Crippen molar-refractivity contribution < 1.29 is 4.79 Å². The Morgan fingerprint density at radius 3 is 3.13 bits per heavy atom. The van der Waals surface area contributed by atoms with Gasteiger partial charge >= 0.3 is 0 Å². The summed E-state index contributed by atoms with van der Waals surface area (Å²) < 4.78 is 0. The molecule has 0 amide bonds. The molecule has 3 nitrogen and oxygen atoms in total. The normalized spacial score (nSPS) is 15.9. The number of thiophene rings is 1. The number of rotatable bonds is 3. The van der Waals surface area contributed by atoms with Gasteiger partial charge in [0, 0.05) is 13.0 Å². The van der Waals surface area contributed by atoms with Crippen molar-refractivity contribution in [1.82, 2.24) is 5.32 Å². The SMILES string of the molecule is O=C(CNC1=NCCCC1)c1cccs1. The summed E-state index contributed by atoms with van der Waals surface area (Å²) in [6.45, 7) is 1.27. The summed E-state index contributed by atoms with van der Waals surface area (Å²) in [5, 5.41) is 5.04. The summed E-state index contributed by atoms with van der Waals surface area (Å²) in [5.41, 5.74) is 0. The summed E-state index contributed by atoms with van der Waals surface area (Å²) in [5.74, 6) is 1.14. The second-order valence-corrected chi connectivity index (χ2v) is 4.49. The van der Waals surface area contributed by atoms with Crippen molar-refractivity contribution in [2.45, 2.75) is 19.3 Å². The number of nitrogens with zero attached hydrogens (tertiary/aromatic N) is 1. The molecule has 80 valence electrons. The van der Waals surface area contributed by atoms with E-state index in [0.717, 1.165) is 23.7 Å². The third kappa shape index (κ3) is 2.89. The Morgan fingerprint density at radius 1 is 1.53 bits per heavy atom. The maximum atomic E-state index is 11.6. The largest absolute Gasteiger partial charge is 0.366 e. The van der Waals surface area contributed by atoms with Crippen LogP contribution in [0.25, 0.3) is 0 Å². The Labute approximate surface area is 93.2 Å². The lowest BCUT2D eigenvalue weighted by Crippen LogP contribution is -2.30. The van der Waals surface area contributed by atoms with Gasteiger partial charge in [0.05, 0.1) is 17.3 Å².